The zero-order valence-corrected chi connectivity index (χ0v) is 18.6. The van der Waals surface area contributed by atoms with Crippen LogP contribution in [-0.4, -0.2) is 49.0 Å². The lowest BCUT2D eigenvalue weighted by Gasteiger charge is -2.57. The molecule has 2 fully saturated rings. The molecule has 7 nitrogen and oxygen atoms in total. The Labute approximate surface area is 183 Å². The summed E-state index contributed by atoms with van der Waals surface area (Å²) in [4.78, 5) is 7.10. The third-order valence-electron chi connectivity index (χ3n) is 7.37. The van der Waals surface area contributed by atoms with E-state index in [2.05, 4.69) is 50.3 Å². The van der Waals surface area contributed by atoms with Crippen LogP contribution in [0.15, 0.2) is 36.7 Å². The Bertz CT molecular complexity index is 1060. The van der Waals surface area contributed by atoms with Crippen LogP contribution < -0.4 is 5.73 Å². The SMILES string of the molecule is Cc1cccnc1CN1CCC2(CC1)CC(N)C2c1ccc(-c2cn(C)nc2C)nn1. The van der Waals surface area contributed by atoms with Crippen LogP contribution in [0.25, 0.3) is 11.3 Å². The highest BCUT2D eigenvalue weighted by atomic mass is 15.3. The number of aromatic nitrogens is 5. The number of rotatable bonds is 4. The lowest BCUT2D eigenvalue weighted by molar-refractivity contribution is -0.0147. The number of hydrogen-bond acceptors (Lipinski definition) is 6. The maximum absolute atomic E-state index is 6.51. The van der Waals surface area contributed by atoms with Crippen LogP contribution in [0.4, 0.5) is 0 Å². The molecule has 3 aromatic rings. The van der Waals surface area contributed by atoms with Gasteiger partial charge in [-0.3, -0.25) is 14.6 Å². The predicted molar refractivity (Wildman–Crippen MR) is 120 cm³/mol. The number of nitrogens with two attached hydrogens (primary N) is 1. The Kier molecular flexibility index (Phi) is 5.10. The fourth-order valence-electron chi connectivity index (χ4n) is 5.61. The minimum Gasteiger partial charge on any atom is -0.327 e. The van der Waals surface area contributed by atoms with Crippen molar-refractivity contribution in [3.63, 3.8) is 0 Å². The third-order valence-corrected chi connectivity index (χ3v) is 7.37. The number of aryl methyl sites for hydroxylation is 3. The van der Waals surface area contributed by atoms with Crippen molar-refractivity contribution < 1.29 is 0 Å². The summed E-state index contributed by atoms with van der Waals surface area (Å²) >= 11 is 0. The van der Waals surface area contributed by atoms with Crippen LogP contribution in [0.3, 0.4) is 0 Å². The highest BCUT2D eigenvalue weighted by molar-refractivity contribution is 5.60. The van der Waals surface area contributed by atoms with Gasteiger partial charge in [-0.25, -0.2) is 0 Å². The van der Waals surface area contributed by atoms with Crippen LogP contribution >= 0.6 is 0 Å². The molecule has 162 valence electrons. The Morgan fingerprint density at radius 1 is 1.13 bits per heavy atom. The molecule has 1 spiro atoms. The van der Waals surface area contributed by atoms with E-state index in [0.717, 1.165) is 61.5 Å². The molecule has 0 amide bonds. The summed E-state index contributed by atoms with van der Waals surface area (Å²) in [7, 11) is 1.93. The van der Waals surface area contributed by atoms with Crippen molar-refractivity contribution in [1.82, 2.24) is 29.9 Å². The fourth-order valence-corrected chi connectivity index (χ4v) is 5.61. The second-order valence-electron chi connectivity index (χ2n) is 9.40. The maximum atomic E-state index is 6.51. The van der Waals surface area contributed by atoms with E-state index in [1.54, 1.807) is 0 Å². The van der Waals surface area contributed by atoms with E-state index in [-0.39, 0.29) is 11.5 Å². The standard InChI is InChI=1S/C24H31N7/c1-16-5-4-10-26-22(16)15-31-11-8-24(9-12-31)13-19(25)23(24)21-7-6-20(27-28-21)18-14-30(3)29-17(18)2/h4-7,10,14,19,23H,8-9,11-13,15,25H2,1-3H3. The van der Waals surface area contributed by atoms with Crippen LogP contribution in [0.5, 0.6) is 0 Å². The average molecular weight is 418 g/mol. The first-order valence-electron chi connectivity index (χ1n) is 11.2. The van der Waals surface area contributed by atoms with Gasteiger partial charge in [0.05, 0.1) is 22.8 Å². The lowest BCUT2D eigenvalue weighted by Crippen LogP contribution is -2.58. The molecule has 2 aliphatic rings. The molecule has 2 unspecified atom stereocenters. The van der Waals surface area contributed by atoms with Gasteiger partial charge in [0.2, 0.25) is 0 Å². The summed E-state index contributed by atoms with van der Waals surface area (Å²) in [6.45, 7) is 7.24. The lowest BCUT2D eigenvalue weighted by atomic mass is 9.52. The van der Waals surface area contributed by atoms with E-state index in [0.29, 0.717) is 5.92 Å². The number of piperidine rings is 1. The van der Waals surface area contributed by atoms with Crippen molar-refractivity contribution in [2.45, 2.75) is 51.6 Å². The van der Waals surface area contributed by atoms with Gasteiger partial charge in [0, 0.05) is 43.5 Å². The Morgan fingerprint density at radius 2 is 1.94 bits per heavy atom. The smallest absolute Gasteiger partial charge is 0.0964 e. The molecule has 2 atom stereocenters. The Morgan fingerprint density at radius 3 is 2.55 bits per heavy atom. The van der Waals surface area contributed by atoms with Crippen molar-refractivity contribution in [2.75, 3.05) is 13.1 Å². The second-order valence-corrected chi connectivity index (χ2v) is 9.40. The average Bonchev–Trinajstić information content (AvgIpc) is 3.09. The van der Waals surface area contributed by atoms with Gasteiger partial charge in [-0.05, 0) is 75.4 Å². The molecule has 5 rings (SSSR count). The van der Waals surface area contributed by atoms with E-state index < -0.39 is 0 Å². The largest absolute Gasteiger partial charge is 0.327 e. The Balaban J connectivity index is 1.28. The molecular formula is C24H31N7. The quantitative estimate of drug-likeness (QED) is 0.702. The van der Waals surface area contributed by atoms with Crippen molar-refractivity contribution in [3.05, 3.63) is 59.3 Å². The molecule has 3 aromatic heterocycles. The monoisotopic (exact) mass is 417 g/mol. The summed E-state index contributed by atoms with van der Waals surface area (Å²) in [6, 6.07) is 8.52. The number of nitrogens with zero attached hydrogens (tertiary/aromatic N) is 6. The van der Waals surface area contributed by atoms with Crippen molar-refractivity contribution >= 4 is 0 Å². The number of likely N-dealkylation sites (tertiary alicyclic amines) is 1. The normalized spacial score (nSPS) is 23.1. The van der Waals surface area contributed by atoms with Gasteiger partial charge >= 0.3 is 0 Å². The molecule has 0 bridgehead atoms. The molecular weight excluding hydrogens is 386 g/mol. The summed E-state index contributed by atoms with van der Waals surface area (Å²) in [5.41, 5.74) is 13.1. The molecule has 1 aliphatic carbocycles. The first-order chi connectivity index (χ1) is 14.9. The minimum atomic E-state index is 0.171. The van der Waals surface area contributed by atoms with E-state index in [1.807, 2.05) is 37.1 Å². The van der Waals surface area contributed by atoms with Gasteiger partial charge in [-0.2, -0.15) is 15.3 Å². The van der Waals surface area contributed by atoms with Gasteiger partial charge in [0.25, 0.3) is 0 Å². The summed E-state index contributed by atoms with van der Waals surface area (Å²) < 4.78 is 1.82. The molecule has 4 heterocycles. The van der Waals surface area contributed by atoms with Gasteiger partial charge in [-0.1, -0.05) is 6.07 Å². The van der Waals surface area contributed by atoms with Gasteiger partial charge < -0.3 is 5.73 Å². The van der Waals surface area contributed by atoms with Crippen LogP contribution in [0.2, 0.25) is 0 Å². The third kappa shape index (κ3) is 3.66. The van der Waals surface area contributed by atoms with E-state index in [4.69, 9.17) is 5.73 Å². The van der Waals surface area contributed by atoms with Gasteiger partial charge in [0.15, 0.2) is 0 Å². The summed E-state index contributed by atoms with van der Waals surface area (Å²) in [5.74, 6) is 0.294. The minimum absolute atomic E-state index is 0.171. The Hall–Kier alpha value is -2.64. The topological polar surface area (TPSA) is 85.8 Å². The molecule has 0 aromatic carbocycles. The zero-order chi connectivity index (χ0) is 21.6. The van der Waals surface area contributed by atoms with Gasteiger partial charge in [-0.15, -0.1) is 0 Å². The van der Waals surface area contributed by atoms with Crippen molar-refractivity contribution in [2.24, 2.45) is 18.2 Å². The molecule has 31 heavy (non-hydrogen) atoms. The first kappa shape index (κ1) is 20.3. The second kappa shape index (κ2) is 7.80. The van der Waals surface area contributed by atoms with Crippen molar-refractivity contribution in [1.29, 1.82) is 0 Å². The van der Waals surface area contributed by atoms with E-state index in [9.17, 15) is 0 Å². The predicted octanol–water partition coefficient (Wildman–Crippen LogP) is 2.99. The molecule has 7 heteroatoms. The number of hydrogen-bond donors (Lipinski definition) is 1. The highest BCUT2D eigenvalue weighted by Crippen LogP contribution is 2.57. The summed E-state index contributed by atoms with van der Waals surface area (Å²) in [5, 5.41) is 13.6. The van der Waals surface area contributed by atoms with Crippen LogP contribution in [0.1, 0.15) is 47.8 Å². The number of pyridine rings is 1. The van der Waals surface area contributed by atoms with Crippen LogP contribution in [-0.2, 0) is 13.6 Å². The van der Waals surface area contributed by atoms with E-state index >= 15 is 0 Å². The highest BCUT2D eigenvalue weighted by Gasteiger charge is 2.54. The molecule has 1 saturated carbocycles. The first-order valence-corrected chi connectivity index (χ1v) is 11.2. The van der Waals surface area contributed by atoms with Gasteiger partial charge in [0.1, 0.15) is 0 Å². The van der Waals surface area contributed by atoms with Crippen molar-refractivity contribution in [3.8, 4) is 11.3 Å². The van der Waals surface area contributed by atoms with E-state index in [1.165, 1.54) is 11.3 Å². The molecule has 2 N–H and O–H groups in total. The molecule has 0 radical (unpaired) electrons. The molecule has 1 aliphatic heterocycles. The summed E-state index contributed by atoms with van der Waals surface area (Å²) in [6.07, 6.45) is 7.28. The zero-order valence-electron chi connectivity index (χ0n) is 18.6. The fraction of sp³-hybridized carbons (Fsp3) is 0.500. The van der Waals surface area contributed by atoms with Crippen LogP contribution in [0, 0.1) is 19.3 Å². The molecule has 1 saturated heterocycles. The maximum Gasteiger partial charge on any atom is 0.0964 e.